The summed E-state index contributed by atoms with van der Waals surface area (Å²) >= 11 is 1.66. The van der Waals surface area contributed by atoms with E-state index in [0.717, 1.165) is 6.42 Å². The smallest absolute Gasteiger partial charge is 0.323 e. The van der Waals surface area contributed by atoms with Crippen molar-refractivity contribution < 1.29 is 9.53 Å². The number of esters is 1. The van der Waals surface area contributed by atoms with Crippen LogP contribution in [-0.4, -0.2) is 19.1 Å². The largest absolute Gasteiger partial charge is 0.468 e. The van der Waals surface area contributed by atoms with E-state index in [1.807, 2.05) is 5.38 Å². The molecule has 0 aliphatic rings. The molecule has 0 aliphatic heterocycles. The summed E-state index contributed by atoms with van der Waals surface area (Å²) in [6, 6.07) is 1.85. The molecule has 0 amide bonds. The Morgan fingerprint density at radius 2 is 2.38 bits per heavy atom. The average molecular weight is 241 g/mol. The minimum atomic E-state index is -0.213. The lowest BCUT2D eigenvalue weighted by Gasteiger charge is -2.21. The Hall–Kier alpha value is -0.870. The summed E-state index contributed by atoms with van der Waals surface area (Å²) in [6.07, 6.45) is 0.955. The molecule has 16 heavy (non-hydrogen) atoms. The van der Waals surface area contributed by atoms with Gasteiger partial charge in [0.1, 0.15) is 6.04 Å². The maximum absolute atomic E-state index is 11.6. The molecule has 4 heteroatoms. The predicted molar refractivity (Wildman–Crippen MR) is 66.4 cm³/mol. The fourth-order valence-electron chi connectivity index (χ4n) is 1.50. The molecule has 0 aromatic carbocycles. The van der Waals surface area contributed by atoms with Crippen LogP contribution in [-0.2, 0) is 16.1 Å². The first-order valence-electron chi connectivity index (χ1n) is 5.51. The van der Waals surface area contributed by atoms with Crippen LogP contribution < -0.4 is 5.32 Å². The molecule has 2 unspecified atom stereocenters. The van der Waals surface area contributed by atoms with Crippen molar-refractivity contribution in [1.82, 2.24) is 5.32 Å². The number of carbonyl (C=O) groups is 1. The number of rotatable bonds is 6. The molecule has 1 aromatic rings. The van der Waals surface area contributed by atoms with Gasteiger partial charge < -0.3 is 10.1 Å². The Morgan fingerprint density at radius 3 is 2.88 bits per heavy atom. The van der Waals surface area contributed by atoms with Crippen LogP contribution in [0.4, 0.5) is 0 Å². The van der Waals surface area contributed by atoms with Gasteiger partial charge >= 0.3 is 5.97 Å². The molecule has 0 saturated carbocycles. The Morgan fingerprint density at radius 1 is 1.62 bits per heavy atom. The number of ether oxygens (including phenoxy) is 1. The van der Waals surface area contributed by atoms with Crippen molar-refractivity contribution in [2.24, 2.45) is 5.92 Å². The normalized spacial score (nSPS) is 14.4. The number of hydrogen-bond donors (Lipinski definition) is 1. The number of methoxy groups -OCH3 is 1. The van der Waals surface area contributed by atoms with Crippen molar-refractivity contribution in [3.8, 4) is 0 Å². The van der Waals surface area contributed by atoms with Crippen LogP contribution in [0, 0.1) is 5.92 Å². The minimum Gasteiger partial charge on any atom is -0.468 e. The zero-order valence-electron chi connectivity index (χ0n) is 10.0. The van der Waals surface area contributed by atoms with Gasteiger partial charge in [-0.2, -0.15) is 11.3 Å². The zero-order chi connectivity index (χ0) is 12.0. The highest BCUT2D eigenvalue weighted by atomic mass is 32.1. The first-order chi connectivity index (χ1) is 7.69. The highest BCUT2D eigenvalue weighted by molar-refractivity contribution is 7.07. The van der Waals surface area contributed by atoms with Crippen LogP contribution in [0.1, 0.15) is 25.8 Å². The predicted octanol–water partition coefficient (Wildman–Crippen LogP) is 2.43. The monoisotopic (exact) mass is 241 g/mol. The number of hydrogen-bond acceptors (Lipinski definition) is 4. The van der Waals surface area contributed by atoms with Crippen LogP contribution in [0.5, 0.6) is 0 Å². The van der Waals surface area contributed by atoms with Crippen molar-refractivity contribution in [2.75, 3.05) is 7.11 Å². The van der Waals surface area contributed by atoms with Crippen LogP contribution in [0.3, 0.4) is 0 Å². The summed E-state index contributed by atoms with van der Waals surface area (Å²) in [6.45, 7) is 4.85. The first-order valence-corrected chi connectivity index (χ1v) is 6.45. The SMILES string of the molecule is CCC(C)C(NCc1ccsc1)C(=O)OC. The van der Waals surface area contributed by atoms with Gasteiger partial charge in [0.2, 0.25) is 0 Å². The zero-order valence-corrected chi connectivity index (χ0v) is 10.8. The molecule has 1 rings (SSSR count). The van der Waals surface area contributed by atoms with Gasteiger partial charge in [-0.25, -0.2) is 0 Å². The Balaban J connectivity index is 2.53. The molecule has 3 nitrogen and oxygen atoms in total. The molecule has 0 bridgehead atoms. The van der Waals surface area contributed by atoms with Crippen LogP contribution in [0.25, 0.3) is 0 Å². The molecule has 0 radical (unpaired) electrons. The number of carbonyl (C=O) groups excluding carboxylic acids is 1. The fraction of sp³-hybridized carbons (Fsp3) is 0.583. The molecule has 1 N–H and O–H groups in total. The Kier molecular flexibility index (Phi) is 5.49. The highest BCUT2D eigenvalue weighted by Gasteiger charge is 2.23. The van der Waals surface area contributed by atoms with E-state index in [1.54, 1.807) is 11.3 Å². The quantitative estimate of drug-likeness (QED) is 0.777. The van der Waals surface area contributed by atoms with E-state index < -0.39 is 0 Å². The van der Waals surface area contributed by atoms with Crippen molar-refractivity contribution in [3.05, 3.63) is 22.4 Å². The third-order valence-electron chi connectivity index (χ3n) is 2.77. The van der Waals surface area contributed by atoms with Crippen LogP contribution >= 0.6 is 11.3 Å². The van der Waals surface area contributed by atoms with Gasteiger partial charge in [0.15, 0.2) is 0 Å². The van der Waals surface area contributed by atoms with Gasteiger partial charge in [0, 0.05) is 6.54 Å². The van der Waals surface area contributed by atoms with Crippen molar-refractivity contribution >= 4 is 17.3 Å². The van der Waals surface area contributed by atoms with Gasteiger partial charge in [0.25, 0.3) is 0 Å². The lowest BCUT2D eigenvalue weighted by Crippen LogP contribution is -2.42. The molecule has 1 aromatic heterocycles. The molecule has 0 fully saturated rings. The van der Waals surface area contributed by atoms with Crippen LogP contribution in [0.2, 0.25) is 0 Å². The van der Waals surface area contributed by atoms with Gasteiger partial charge in [-0.1, -0.05) is 20.3 Å². The van der Waals surface area contributed by atoms with E-state index in [0.29, 0.717) is 6.54 Å². The second-order valence-electron chi connectivity index (χ2n) is 3.90. The molecule has 0 spiro atoms. The van der Waals surface area contributed by atoms with Crippen molar-refractivity contribution in [3.63, 3.8) is 0 Å². The summed E-state index contributed by atoms with van der Waals surface area (Å²) in [7, 11) is 1.43. The van der Waals surface area contributed by atoms with E-state index in [2.05, 4.69) is 30.6 Å². The van der Waals surface area contributed by atoms with E-state index in [1.165, 1.54) is 12.7 Å². The van der Waals surface area contributed by atoms with E-state index >= 15 is 0 Å². The summed E-state index contributed by atoms with van der Waals surface area (Å²) in [5.41, 5.74) is 1.21. The average Bonchev–Trinajstić information content (AvgIpc) is 2.81. The third kappa shape index (κ3) is 3.61. The molecular formula is C12H19NO2S. The topological polar surface area (TPSA) is 38.3 Å². The molecule has 0 aliphatic carbocycles. The maximum atomic E-state index is 11.6. The summed E-state index contributed by atoms with van der Waals surface area (Å²) < 4.78 is 4.81. The summed E-state index contributed by atoms with van der Waals surface area (Å²) in [5, 5.41) is 7.37. The lowest BCUT2D eigenvalue weighted by atomic mass is 9.99. The molecular weight excluding hydrogens is 222 g/mol. The molecule has 90 valence electrons. The maximum Gasteiger partial charge on any atom is 0.323 e. The Bertz CT molecular complexity index is 311. The van der Waals surface area contributed by atoms with E-state index in [4.69, 9.17) is 4.74 Å². The van der Waals surface area contributed by atoms with E-state index in [9.17, 15) is 4.79 Å². The third-order valence-corrected chi connectivity index (χ3v) is 3.51. The molecule has 1 heterocycles. The Labute approximate surface area is 101 Å². The van der Waals surface area contributed by atoms with Gasteiger partial charge in [-0.15, -0.1) is 0 Å². The summed E-state index contributed by atoms with van der Waals surface area (Å²) in [4.78, 5) is 11.6. The molecule has 2 atom stereocenters. The van der Waals surface area contributed by atoms with Gasteiger partial charge in [-0.05, 0) is 28.3 Å². The first kappa shape index (κ1) is 13.2. The summed E-state index contributed by atoms with van der Waals surface area (Å²) in [5.74, 6) is 0.107. The number of thiophene rings is 1. The van der Waals surface area contributed by atoms with Crippen molar-refractivity contribution in [2.45, 2.75) is 32.9 Å². The second kappa shape index (κ2) is 6.66. The minimum absolute atomic E-state index is 0.176. The highest BCUT2D eigenvalue weighted by Crippen LogP contribution is 2.11. The standard InChI is InChI=1S/C12H19NO2S/c1-4-9(2)11(12(14)15-3)13-7-10-5-6-16-8-10/h5-6,8-9,11,13H,4,7H2,1-3H3. The lowest BCUT2D eigenvalue weighted by molar-refractivity contribution is -0.144. The second-order valence-corrected chi connectivity index (χ2v) is 4.68. The fourth-order valence-corrected chi connectivity index (χ4v) is 2.17. The van der Waals surface area contributed by atoms with Crippen LogP contribution in [0.15, 0.2) is 16.8 Å². The number of nitrogens with one attached hydrogen (secondary N) is 1. The van der Waals surface area contributed by atoms with E-state index in [-0.39, 0.29) is 17.9 Å². The van der Waals surface area contributed by atoms with Gasteiger partial charge in [0.05, 0.1) is 7.11 Å². The van der Waals surface area contributed by atoms with Gasteiger partial charge in [-0.3, -0.25) is 4.79 Å². The molecule has 0 saturated heterocycles. The van der Waals surface area contributed by atoms with Crippen molar-refractivity contribution in [1.29, 1.82) is 0 Å².